The molecule has 0 radical (unpaired) electrons. The number of hydrogen-bond acceptors (Lipinski definition) is 1. The van der Waals surface area contributed by atoms with Crippen LogP contribution in [0, 0.1) is 19.7 Å². The van der Waals surface area contributed by atoms with Crippen LogP contribution in [-0.4, -0.2) is 19.5 Å². The first-order chi connectivity index (χ1) is 10.5. The zero-order chi connectivity index (χ0) is 16.1. The van der Waals surface area contributed by atoms with E-state index < -0.39 is 0 Å². The molecular weight excluding hydrogens is 279 g/mol. The summed E-state index contributed by atoms with van der Waals surface area (Å²) in [5, 5.41) is 2.95. The molecule has 1 unspecified atom stereocenters. The molecule has 2 N–H and O–H groups in total. The van der Waals surface area contributed by atoms with Gasteiger partial charge < -0.3 is 10.2 Å². The number of carbonyl (C=O) groups is 1. The minimum atomic E-state index is -0.245. The lowest BCUT2D eigenvalue weighted by molar-refractivity contribution is -0.885. The molecule has 0 fully saturated rings. The molecule has 0 bridgehead atoms. The normalized spacial score (nSPS) is 12.0. The van der Waals surface area contributed by atoms with Crippen LogP contribution in [0.1, 0.15) is 16.7 Å². The molecule has 0 aliphatic heterocycles. The SMILES string of the molecule is Cc1cccc(NC(=O)C[NH+](C)Cc2cccc(F)c2)c1C. The van der Waals surface area contributed by atoms with Crippen molar-refractivity contribution in [1.82, 2.24) is 0 Å². The molecule has 0 aromatic heterocycles. The zero-order valence-corrected chi connectivity index (χ0v) is 13.2. The lowest BCUT2D eigenvalue weighted by Gasteiger charge is -2.15. The van der Waals surface area contributed by atoms with Crippen molar-refractivity contribution >= 4 is 11.6 Å². The number of nitrogens with one attached hydrogen (secondary N) is 2. The standard InChI is InChI=1S/C18H21FN2O/c1-13-6-4-9-17(14(13)2)20-18(22)12-21(3)11-15-7-5-8-16(19)10-15/h4-10H,11-12H2,1-3H3,(H,20,22)/p+1. The largest absolute Gasteiger partial charge is 0.326 e. The number of aryl methyl sites for hydroxylation is 1. The van der Waals surface area contributed by atoms with E-state index in [1.807, 2.05) is 45.2 Å². The highest BCUT2D eigenvalue weighted by Crippen LogP contribution is 2.17. The number of anilines is 1. The van der Waals surface area contributed by atoms with Crippen LogP contribution in [0.4, 0.5) is 10.1 Å². The lowest BCUT2D eigenvalue weighted by atomic mass is 10.1. The highest BCUT2D eigenvalue weighted by Gasteiger charge is 2.12. The molecule has 116 valence electrons. The molecule has 2 aromatic rings. The van der Waals surface area contributed by atoms with Crippen molar-refractivity contribution in [2.45, 2.75) is 20.4 Å². The first-order valence-electron chi connectivity index (χ1n) is 7.37. The van der Waals surface area contributed by atoms with E-state index in [2.05, 4.69) is 5.32 Å². The molecular formula is C18H22FN2O+. The molecule has 4 heteroatoms. The Labute approximate surface area is 130 Å². The fraction of sp³-hybridized carbons (Fsp3) is 0.278. The Hall–Kier alpha value is -2.20. The van der Waals surface area contributed by atoms with E-state index in [0.717, 1.165) is 27.3 Å². The number of halogens is 1. The summed E-state index contributed by atoms with van der Waals surface area (Å²) in [7, 11) is 1.92. The third kappa shape index (κ3) is 4.40. The van der Waals surface area contributed by atoms with Gasteiger partial charge in [0, 0.05) is 11.3 Å². The Morgan fingerprint density at radius 3 is 2.64 bits per heavy atom. The van der Waals surface area contributed by atoms with E-state index in [1.54, 1.807) is 6.07 Å². The minimum absolute atomic E-state index is 0.0393. The molecule has 22 heavy (non-hydrogen) atoms. The summed E-state index contributed by atoms with van der Waals surface area (Å²) in [5.74, 6) is -0.284. The van der Waals surface area contributed by atoms with Crippen LogP contribution in [0.2, 0.25) is 0 Å². The Kier molecular flexibility index (Phi) is 5.28. The Morgan fingerprint density at radius 2 is 1.91 bits per heavy atom. The Morgan fingerprint density at radius 1 is 1.18 bits per heavy atom. The summed E-state index contributed by atoms with van der Waals surface area (Å²) in [5.41, 5.74) is 3.97. The van der Waals surface area contributed by atoms with Crippen LogP contribution in [0.5, 0.6) is 0 Å². The van der Waals surface area contributed by atoms with Gasteiger partial charge in [-0.2, -0.15) is 0 Å². The maximum atomic E-state index is 13.2. The first kappa shape index (κ1) is 16.2. The van der Waals surface area contributed by atoms with E-state index in [1.165, 1.54) is 12.1 Å². The van der Waals surface area contributed by atoms with Gasteiger partial charge in [0.15, 0.2) is 6.54 Å². The van der Waals surface area contributed by atoms with Crippen LogP contribution in [0.15, 0.2) is 42.5 Å². The maximum Gasteiger partial charge on any atom is 0.279 e. The van der Waals surface area contributed by atoms with Gasteiger partial charge >= 0.3 is 0 Å². The molecule has 1 atom stereocenters. The average molecular weight is 301 g/mol. The molecule has 3 nitrogen and oxygen atoms in total. The molecule has 1 amide bonds. The van der Waals surface area contributed by atoms with Gasteiger partial charge in [-0.05, 0) is 43.2 Å². The lowest BCUT2D eigenvalue weighted by Crippen LogP contribution is -3.08. The van der Waals surface area contributed by atoms with Crippen molar-refractivity contribution < 1.29 is 14.1 Å². The summed E-state index contributed by atoms with van der Waals surface area (Å²) >= 11 is 0. The van der Waals surface area contributed by atoms with Gasteiger partial charge in [-0.25, -0.2) is 4.39 Å². The number of hydrogen-bond donors (Lipinski definition) is 2. The van der Waals surface area contributed by atoms with Crippen LogP contribution in [0.3, 0.4) is 0 Å². The van der Waals surface area contributed by atoms with Crippen molar-refractivity contribution in [3.05, 3.63) is 65.0 Å². The third-order valence-corrected chi connectivity index (χ3v) is 3.74. The monoisotopic (exact) mass is 301 g/mol. The second-order valence-electron chi connectivity index (χ2n) is 5.74. The van der Waals surface area contributed by atoms with Crippen LogP contribution < -0.4 is 10.2 Å². The van der Waals surface area contributed by atoms with E-state index in [0.29, 0.717) is 13.1 Å². The molecule has 0 saturated carbocycles. The minimum Gasteiger partial charge on any atom is -0.326 e. The summed E-state index contributed by atoms with van der Waals surface area (Å²) in [4.78, 5) is 13.1. The van der Waals surface area contributed by atoms with Gasteiger partial charge in [0.05, 0.1) is 7.05 Å². The predicted molar refractivity (Wildman–Crippen MR) is 86.4 cm³/mol. The second-order valence-corrected chi connectivity index (χ2v) is 5.74. The summed E-state index contributed by atoms with van der Waals surface area (Å²) in [6.07, 6.45) is 0. The van der Waals surface area contributed by atoms with Crippen molar-refractivity contribution in [2.75, 3.05) is 18.9 Å². The molecule has 0 heterocycles. The number of carbonyl (C=O) groups excluding carboxylic acids is 1. The maximum absolute atomic E-state index is 13.2. The van der Waals surface area contributed by atoms with Crippen molar-refractivity contribution in [3.8, 4) is 0 Å². The van der Waals surface area contributed by atoms with Crippen molar-refractivity contribution in [3.63, 3.8) is 0 Å². The van der Waals surface area contributed by atoms with Crippen LogP contribution in [-0.2, 0) is 11.3 Å². The van der Waals surface area contributed by atoms with E-state index >= 15 is 0 Å². The topological polar surface area (TPSA) is 33.5 Å². The van der Waals surface area contributed by atoms with Gasteiger partial charge in [0.2, 0.25) is 0 Å². The summed E-state index contributed by atoms with van der Waals surface area (Å²) < 4.78 is 13.2. The predicted octanol–water partition coefficient (Wildman–Crippen LogP) is 2.10. The first-order valence-corrected chi connectivity index (χ1v) is 7.37. The van der Waals surface area contributed by atoms with Crippen molar-refractivity contribution in [2.24, 2.45) is 0 Å². The van der Waals surface area contributed by atoms with Crippen LogP contribution >= 0.6 is 0 Å². The van der Waals surface area contributed by atoms with E-state index in [-0.39, 0.29) is 11.7 Å². The fourth-order valence-corrected chi connectivity index (χ4v) is 2.41. The molecule has 0 aliphatic rings. The molecule has 2 rings (SSSR count). The number of quaternary nitrogens is 1. The fourth-order valence-electron chi connectivity index (χ4n) is 2.41. The summed E-state index contributed by atoms with van der Waals surface area (Å²) in [6.45, 7) is 4.96. The number of rotatable bonds is 5. The Balaban J connectivity index is 1.92. The van der Waals surface area contributed by atoms with E-state index in [4.69, 9.17) is 0 Å². The number of amides is 1. The van der Waals surface area contributed by atoms with Gasteiger partial charge in [-0.15, -0.1) is 0 Å². The molecule has 0 spiro atoms. The number of likely N-dealkylation sites (N-methyl/N-ethyl adjacent to an activating group) is 1. The second kappa shape index (κ2) is 7.18. The number of benzene rings is 2. The van der Waals surface area contributed by atoms with Gasteiger partial charge in [0.1, 0.15) is 12.4 Å². The molecule has 0 aliphatic carbocycles. The average Bonchev–Trinajstić information content (AvgIpc) is 2.43. The van der Waals surface area contributed by atoms with Gasteiger partial charge in [0.25, 0.3) is 5.91 Å². The van der Waals surface area contributed by atoms with Gasteiger partial charge in [-0.3, -0.25) is 4.79 Å². The summed E-state index contributed by atoms with van der Waals surface area (Å²) in [6, 6.07) is 12.3. The Bertz CT molecular complexity index is 670. The van der Waals surface area contributed by atoms with Crippen LogP contribution in [0.25, 0.3) is 0 Å². The van der Waals surface area contributed by atoms with E-state index in [9.17, 15) is 9.18 Å². The molecule has 0 saturated heterocycles. The highest BCUT2D eigenvalue weighted by molar-refractivity contribution is 5.92. The van der Waals surface area contributed by atoms with Crippen molar-refractivity contribution in [1.29, 1.82) is 0 Å². The smallest absolute Gasteiger partial charge is 0.279 e. The quantitative estimate of drug-likeness (QED) is 0.871. The zero-order valence-electron chi connectivity index (χ0n) is 13.2. The molecule has 2 aromatic carbocycles. The highest BCUT2D eigenvalue weighted by atomic mass is 19.1. The third-order valence-electron chi connectivity index (χ3n) is 3.74. The van der Waals surface area contributed by atoms with Gasteiger partial charge in [-0.1, -0.05) is 24.3 Å².